The summed E-state index contributed by atoms with van der Waals surface area (Å²) < 4.78 is 6.03. The standard InChI is InChI=1S/C15H17N3O3/c16-11-5-1-2-7-14(11)21-13-8-9-17-15-10(13)4-3-6-12(15)18(19)20/h3-4,6,8-9,11,14H,1-2,5,7,16H2. The van der Waals surface area contributed by atoms with E-state index in [0.717, 1.165) is 25.7 Å². The van der Waals surface area contributed by atoms with Crippen LogP contribution in [-0.4, -0.2) is 22.1 Å². The number of nitrogens with two attached hydrogens (primary N) is 1. The maximum Gasteiger partial charge on any atom is 0.295 e. The van der Waals surface area contributed by atoms with Gasteiger partial charge in [0.1, 0.15) is 11.9 Å². The molecule has 0 spiro atoms. The minimum Gasteiger partial charge on any atom is -0.488 e. The van der Waals surface area contributed by atoms with Crippen molar-refractivity contribution in [1.29, 1.82) is 0 Å². The fourth-order valence-corrected chi connectivity index (χ4v) is 2.82. The first-order chi connectivity index (χ1) is 10.2. The number of pyridine rings is 1. The average molecular weight is 287 g/mol. The average Bonchev–Trinajstić information content (AvgIpc) is 2.49. The first-order valence-corrected chi connectivity index (χ1v) is 7.11. The second-order valence-electron chi connectivity index (χ2n) is 5.34. The lowest BCUT2D eigenvalue weighted by Gasteiger charge is -2.29. The van der Waals surface area contributed by atoms with Crippen molar-refractivity contribution >= 4 is 16.6 Å². The van der Waals surface area contributed by atoms with Crippen LogP contribution >= 0.6 is 0 Å². The van der Waals surface area contributed by atoms with E-state index in [2.05, 4.69) is 4.98 Å². The number of non-ortho nitro benzene ring substituents is 1. The third-order valence-electron chi connectivity index (χ3n) is 3.94. The van der Waals surface area contributed by atoms with Gasteiger partial charge in [-0.15, -0.1) is 0 Å². The normalized spacial score (nSPS) is 22.1. The van der Waals surface area contributed by atoms with Crippen LogP contribution in [0.3, 0.4) is 0 Å². The third-order valence-corrected chi connectivity index (χ3v) is 3.94. The molecule has 1 saturated carbocycles. The van der Waals surface area contributed by atoms with E-state index in [4.69, 9.17) is 10.5 Å². The summed E-state index contributed by atoms with van der Waals surface area (Å²) in [5.41, 5.74) is 6.44. The first-order valence-electron chi connectivity index (χ1n) is 7.11. The van der Waals surface area contributed by atoms with Crippen molar-refractivity contribution in [3.63, 3.8) is 0 Å². The van der Waals surface area contributed by atoms with Gasteiger partial charge in [-0.2, -0.15) is 0 Å². The van der Waals surface area contributed by atoms with Crippen LogP contribution in [0.4, 0.5) is 5.69 Å². The van der Waals surface area contributed by atoms with Gasteiger partial charge >= 0.3 is 0 Å². The van der Waals surface area contributed by atoms with E-state index in [-0.39, 0.29) is 17.8 Å². The highest BCUT2D eigenvalue weighted by atomic mass is 16.6. The molecule has 1 aromatic heterocycles. The highest BCUT2D eigenvalue weighted by molar-refractivity contribution is 5.91. The van der Waals surface area contributed by atoms with Gasteiger partial charge in [0.05, 0.1) is 4.92 Å². The number of nitro benzene ring substituents is 1. The number of benzene rings is 1. The SMILES string of the molecule is NC1CCCCC1Oc1ccnc2c([N+](=O)[O-])cccc12. The second kappa shape index (κ2) is 5.65. The topological polar surface area (TPSA) is 91.3 Å². The molecule has 1 heterocycles. The Hall–Kier alpha value is -2.21. The van der Waals surface area contributed by atoms with Crippen molar-refractivity contribution < 1.29 is 9.66 Å². The smallest absolute Gasteiger partial charge is 0.295 e. The molecule has 3 rings (SSSR count). The van der Waals surface area contributed by atoms with Gasteiger partial charge < -0.3 is 10.5 Å². The molecule has 1 fully saturated rings. The van der Waals surface area contributed by atoms with Gasteiger partial charge in [0.25, 0.3) is 5.69 Å². The molecule has 2 atom stereocenters. The van der Waals surface area contributed by atoms with E-state index in [0.29, 0.717) is 16.7 Å². The monoisotopic (exact) mass is 287 g/mol. The zero-order valence-corrected chi connectivity index (χ0v) is 11.6. The largest absolute Gasteiger partial charge is 0.488 e. The lowest BCUT2D eigenvalue weighted by atomic mass is 9.93. The fraction of sp³-hybridized carbons (Fsp3) is 0.400. The highest BCUT2D eigenvalue weighted by Gasteiger charge is 2.24. The second-order valence-corrected chi connectivity index (χ2v) is 5.34. The summed E-state index contributed by atoms with van der Waals surface area (Å²) in [7, 11) is 0. The van der Waals surface area contributed by atoms with Gasteiger partial charge in [-0.3, -0.25) is 10.1 Å². The quantitative estimate of drug-likeness (QED) is 0.692. The summed E-state index contributed by atoms with van der Waals surface area (Å²) in [6, 6.07) is 6.65. The minimum absolute atomic E-state index is 0.00843. The molecule has 21 heavy (non-hydrogen) atoms. The number of fused-ring (bicyclic) bond motifs is 1. The lowest BCUT2D eigenvalue weighted by molar-refractivity contribution is -0.383. The van der Waals surface area contributed by atoms with Crippen LogP contribution in [0, 0.1) is 10.1 Å². The van der Waals surface area contributed by atoms with E-state index >= 15 is 0 Å². The fourth-order valence-electron chi connectivity index (χ4n) is 2.82. The van der Waals surface area contributed by atoms with E-state index in [1.807, 2.05) is 0 Å². The van der Waals surface area contributed by atoms with Gasteiger partial charge in [0.2, 0.25) is 0 Å². The van der Waals surface area contributed by atoms with Crippen molar-refractivity contribution in [2.45, 2.75) is 37.8 Å². The maximum absolute atomic E-state index is 11.1. The van der Waals surface area contributed by atoms with Crippen LogP contribution in [-0.2, 0) is 0 Å². The molecule has 0 saturated heterocycles. The summed E-state index contributed by atoms with van der Waals surface area (Å²) in [6.45, 7) is 0. The molecule has 0 aliphatic heterocycles. The molecule has 1 aliphatic carbocycles. The molecule has 0 amide bonds. The van der Waals surface area contributed by atoms with E-state index < -0.39 is 4.92 Å². The van der Waals surface area contributed by atoms with Crippen molar-refractivity contribution in [2.75, 3.05) is 0 Å². The molecule has 0 radical (unpaired) electrons. The Labute approximate surface area is 122 Å². The van der Waals surface area contributed by atoms with E-state index in [1.54, 1.807) is 24.4 Å². The number of nitro groups is 1. The minimum atomic E-state index is -0.425. The van der Waals surface area contributed by atoms with Crippen molar-refractivity contribution in [3.05, 3.63) is 40.6 Å². The van der Waals surface area contributed by atoms with Crippen LogP contribution in [0.25, 0.3) is 10.9 Å². The van der Waals surface area contributed by atoms with Crippen molar-refractivity contribution in [2.24, 2.45) is 5.73 Å². The zero-order valence-electron chi connectivity index (χ0n) is 11.6. The van der Waals surface area contributed by atoms with Gasteiger partial charge in [-0.25, -0.2) is 4.98 Å². The molecule has 2 unspecified atom stereocenters. The number of rotatable bonds is 3. The zero-order chi connectivity index (χ0) is 14.8. The molecule has 1 aromatic carbocycles. The van der Waals surface area contributed by atoms with Crippen LogP contribution in [0.2, 0.25) is 0 Å². The number of hydrogen-bond acceptors (Lipinski definition) is 5. The Morgan fingerprint density at radius 3 is 2.86 bits per heavy atom. The van der Waals surface area contributed by atoms with Crippen LogP contribution in [0.15, 0.2) is 30.5 Å². The molecule has 1 aliphatic rings. The van der Waals surface area contributed by atoms with Gasteiger partial charge in [0.15, 0.2) is 5.52 Å². The Kier molecular flexibility index (Phi) is 3.70. The Bertz CT molecular complexity index is 674. The summed E-state index contributed by atoms with van der Waals surface area (Å²) in [5.74, 6) is 0.617. The summed E-state index contributed by atoms with van der Waals surface area (Å²) in [6.07, 6.45) is 5.60. The number of hydrogen-bond donors (Lipinski definition) is 1. The molecular formula is C15H17N3O3. The van der Waals surface area contributed by atoms with Crippen LogP contribution in [0.1, 0.15) is 25.7 Å². The highest BCUT2D eigenvalue weighted by Crippen LogP contribution is 2.32. The number of nitrogens with zero attached hydrogens (tertiary/aromatic N) is 2. The predicted octanol–water partition coefficient (Wildman–Crippen LogP) is 2.79. The number of aromatic nitrogens is 1. The molecular weight excluding hydrogens is 270 g/mol. The Morgan fingerprint density at radius 1 is 1.29 bits per heavy atom. The molecule has 6 heteroatoms. The Morgan fingerprint density at radius 2 is 2.10 bits per heavy atom. The van der Waals surface area contributed by atoms with E-state index in [9.17, 15) is 10.1 Å². The van der Waals surface area contributed by atoms with Crippen molar-refractivity contribution in [1.82, 2.24) is 4.98 Å². The molecule has 6 nitrogen and oxygen atoms in total. The van der Waals surface area contributed by atoms with E-state index in [1.165, 1.54) is 6.07 Å². The number of ether oxygens (including phenoxy) is 1. The summed E-state index contributed by atoms with van der Waals surface area (Å²) in [5, 5.41) is 11.7. The summed E-state index contributed by atoms with van der Waals surface area (Å²) in [4.78, 5) is 14.8. The van der Waals surface area contributed by atoms with Crippen LogP contribution < -0.4 is 10.5 Å². The predicted molar refractivity (Wildman–Crippen MR) is 79.3 cm³/mol. The molecule has 2 aromatic rings. The van der Waals surface area contributed by atoms with Crippen molar-refractivity contribution in [3.8, 4) is 5.75 Å². The number of para-hydroxylation sites is 1. The van der Waals surface area contributed by atoms with Gasteiger partial charge in [0, 0.05) is 23.7 Å². The molecule has 0 bridgehead atoms. The Balaban J connectivity index is 1.99. The molecule has 110 valence electrons. The van der Waals surface area contributed by atoms with Gasteiger partial charge in [-0.05, 0) is 31.4 Å². The maximum atomic E-state index is 11.1. The first kappa shape index (κ1) is 13.8. The summed E-state index contributed by atoms with van der Waals surface area (Å²) >= 11 is 0. The van der Waals surface area contributed by atoms with Gasteiger partial charge in [-0.1, -0.05) is 12.5 Å². The molecule has 2 N–H and O–H groups in total. The van der Waals surface area contributed by atoms with Crippen LogP contribution in [0.5, 0.6) is 5.75 Å². The third kappa shape index (κ3) is 2.67. The lowest BCUT2D eigenvalue weighted by Crippen LogP contribution is -2.41.